The van der Waals surface area contributed by atoms with Gasteiger partial charge in [-0.3, -0.25) is 5.10 Å². The lowest BCUT2D eigenvalue weighted by Gasteiger charge is -2.24. The Morgan fingerprint density at radius 3 is 3.00 bits per heavy atom. The van der Waals surface area contributed by atoms with Gasteiger partial charge in [0.1, 0.15) is 12.4 Å². The van der Waals surface area contributed by atoms with E-state index < -0.39 is 0 Å². The molecule has 2 aliphatic heterocycles. The topological polar surface area (TPSA) is 67.0 Å². The molecule has 6 heteroatoms. The number of ether oxygens (including phenoxy) is 1. The van der Waals surface area contributed by atoms with Gasteiger partial charge in [-0.05, 0) is 11.6 Å². The Kier molecular flexibility index (Phi) is 2.37. The predicted octanol–water partition coefficient (Wildman–Crippen LogP) is 2.43. The lowest BCUT2D eigenvalue weighted by molar-refractivity contribution is -0.136. The molecule has 2 N–H and O–H groups in total. The summed E-state index contributed by atoms with van der Waals surface area (Å²) in [5, 5.41) is 10.7. The summed E-state index contributed by atoms with van der Waals surface area (Å²) >= 11 is 6.30. The molecule has 0 saturated heterocycles. The van der Waals surface area contributed by atoms with Gasteiger partial charge in [0.25, 0.3) is 0 Å². The van der Waals surface area contributed by atoms with Crippen molar-refractivity contribution in [3.8, 4) is 0 Å². The number of esters is 1. The zero-order valence-electron chi connectivity index (χ0n) is 10.3. The van der Waals surface area contributed by atoms with Crippen LogP contribution in [0, 0.1) is 0 Å². The maximum absolute atomic E-state index is 12.0. The number of cyclic esters (lactones) is 1. The number of nitrogens with zero attached hydrogens (tertiary/aromatic N) is 1. The van der Waals surface area contributed by atoms with Crippen molar-refractivity contribution in [1.82, 2.24) is 10.2 Å². The van der Waals surface area contributed by atoms with Crippen molar-refractivity contribution < 1.29 is 9.53 Å². The summed E-state index contributed by atoms with van der Waals surface area (Å²) in [4.78, 5) is 12.0. The molecule has 20 heavy (non-hydrogen) atoms. The summed E-state index contributed by atoms with van der Waals surface area (Å²) in [5.41, 5.74) is 3.17. The molecular formula is C14H10ClN3O2. The molecule has 1 unspecified atom stereocenters. The SMILES string of the molecule is O=C1OCC2=C1C(c1ccccc1Cl)c1cn[nH]c1N2. The maximum Gasteiger partial charge on any atom is 0.337 e. The summed E-state index contributed by atoms with van der Waals surface area (Å²) < 4.78 is 5.14. The minimum Gasteiger partial charge on any atom is -0.456 e. The molecule has 2 aromatic rings. The average molecular weight is 288 g/mol. The number of carbonyl (C=O) groups excluding carboxylic acids is 1. The maximum atomic E-state index is 12.0. The molecule has 0 saturated carbocycles. The molecule has 0 bridgehead atoms. The molecule has 5 nitrogen and oxygen atoms in total. The van der Waals surface area contributed by atoms with Crippen LogP contribution in [0.5, 0.6) is 0 Å². The Balaban J connectivity index is 1.96. The number of aromatic nitrogens is 2. The van der Waals surface area contributed by atoms with Crippen molar-refractivity contribution in [1.29, 1.82) is 0 Å². The highest BCUT2D eigenvalue weighted by molar-refractivity contribution is 6.31. The van der Waals surface area contributed by atoms with Crippen LogP contribution in [0.1, 0.15) is 17.0 Å². The minimum atomic E-state index is -0.302. The standard InChI is InChI=1S/C14H10ClN3O2/c15-9-4-2-1-3-7(9)11-8-5-16-18-13(8)17-10-6-20-14(19)12(10)11/h1-5,11H,6H2,(H2,16,17,18). The van der Waals surface area contributed by atoms with Crippen LogP contribution >= 0.6 is 11.6 Å². The summed E-state index contributed by atoms with van der Waals surface area (Å²) in [6.07, 6.45) is 1.71. The second-order valence-corrected chi connectivity index (χ2v) is 5.16. The van der Waals surface area contributed by atoms with Gasteiger partial charge in [-0.15, -0.1) is 0 Å². The number of benzene rings is 1. The molecule has 2 aliphatic rings. The second kappa shape index (κ2) is 4.11. The molecule has 4 rings (SSSR count). The molecule has 0 fully saturated rings. The monoisotopic (exact) mass is 287 g/mol. The molecular weight excluding hydrogens is 278 g/mol. The van der Waals surface area contributed by atoms with E-state index in [-0.39, 0.29) is 18.5 Å². The quantitative estimate of drug-likeness (QED) is 0.791. The van der Waals surface area contributed by atoms with E-state index in [4.69, 9.17) is 16.3 Å². The molecule has 0 spiro atoms. The fourth-order valence-corrected chi connectivity index (χ4v) is 3.01. The van der Waals surface area contributed by atoms with Gasteiger partial charge in [0.05, 0.1) is 17.5 Å². The van der Waals surface area contributed by atoms with Gasteiger partial charge < -0.3 is 10.1 Å². The fourth-order valence-electron chi connectivity index (χ4n) is 2.77. The number of rotatable bonds is 1. The van der Waals surface area contributed by atoms with Crippen LogP contribution in [0.25, 0.3) is 0 Å². The van der Waals surface area contributed by atoms with Gasteiger partial charge in [0, 0.05) is 16.5 Å². The van der Waals surface area contributed by atoms with Crippen molar-refractivity contribution >= 4 is 23.4 Å². The van der Waals surface area contributed by atoms with Gasteiger partial charge >= 0.3 is 5.97 Å². The van der Waals surface area contributed by atoms with Gasteiger partial charge in [-0.2, -0.15) is 5.10 Å². The number of carbonyl (C=O) groups is 1. The molecule has 100 valence electrons. The highest BCUT2D eigenvalue weighted by atomic mass is 35.5. The van der Waals surface area contributed by atoms with E-state index in [1.165, 1.54) is 0 Å². The summed E-state index contributed by atoms with van der Waals surface area (Å²) in [6.45, 7) is 0.258. The van der Waals surface area contributed by atoms with Gasteiger partial charge in [-0.1, -0.05) is 29.8 Å². The normalized spacial score (nSPS) is 20.2. The molecule has 0 radical (unpaired) electrons. The number of hydrogen-bond donors (Lipinski definition) is 2. The van der Waals surface area contributed by atoms with E-state index in [0.29, 0.717) is 10.6 Å². The van der Waals surface area contributed by atoms with Crippen molar-refractivity contribution in [3.05, 3.63) is 57.9 Å². The Morgan fingerprint density at radius 2 is 2.15 bits per heavy atom. The number of fused-ring (bicyclic) bond motifs is 1. The van der Waals surface area contributed by atoms with Crippen LogP contribution in [0.4, 0.5) is 5.82 Å². The van der Waals surface area contributed by atoms with Crippen LogP contribution in [0.3, 0.4) is 0 Å². The number of hydrogen-bond acceptors (Lipinski definition) is 4. The third-order valence-electron chi connectivity index (χ3n) is 3.65. The Labute approximate surface area is 119 Å². The minimum absolute atomic E-state index is 0.247. The highest BCUT2D eigenvalue weighted by Crippen LogP contribution is 2.44. The first-order valence-electron chi connectivity index (χ1n) is 6.20. The molecule has 0 aliphatic carbocycles. The molecule has 1 atom stereocenters. The number of H-pyrrole nitrogens is 1. The summed E-state index contributed by atoms with van der Waals surface area (Å²) in [6, 6.07) is 7.51. The van der Waals surface area contributed by atoms with E-state index in [1.54, 1.807) is 6.20 Å². The van der Waals surface area contributed by atoms with Crippen molar-refractivity contribution in [2.45, 2.75) is 5.92 Å². The second-order valence-electron chi connectivity index (χ2n) is 4.75. The number of anilines is 1. The van der Waals surface area contributed by atoms with E-state index >= 15 is 0 Å². The number of halogens is 1. The molecule has 1 aromatic heterocycles. The molecule has 0 amide bonds. The zero-order chi connectivity index (χ0) is 13.7. The third-order valence-corrected chi connectivity index (χ3v) is 4.00. The van der Waals surface area contributed by atoms with Crippen LogP contribution in [-0.4, -0.2) is 22.8 Å². The Hall–Kier alpha value is -2.27. The van der Waals surface area contributed by atoms with E-state index in [9.17, 15) is 4.79 Å². The largest absolute Gasteiger partial charge is 0.456 e. The van der Waals surface area contributed by atoms with Gasteiger partial charge in [0.15, 0.2) is 0 Å². The Bertz CT molecular complexity index is 750. The molecule has 1 aromatic carbocycles. The van der Waals surface area contributed by atoms with E-state index in [2.05, 4.69) is 15.5 Å². The van der Waals surface area contributed by atoms with Crippen molar-refractivity contribution in [2.75, 3.05) is 11.9 Å². The Morgan fingerprint density at radius 1 is 1.30 bits per heavy atom. The van der Waals surface area contributed by atoms with Gasteiger partial charge in [-0.25, -0.2) is 4.79 Å². The first-order valence-corrected chi connectivity index (χ1v) is 6.58. The van der Waals surface area contributed by atoms with Crippen LogP contribution in [-0.2, 0) is 9.53 Å². The average Bonchev–Trinajstić information content (AvgIpc) is 3.05. The van der Waals surface area contributed by atoms with Crippen LogP contribution < -0.4 is 5.32 Å². The first kappa shape index (κ1) is 11.5. The van der Waals surface area contributed by atoms with Gasteiger partial charge in [0.2, 0.25) is 0 Å². The van der Waals surface area contributed by atoms with E-state index in [1.807, 2.05) is 24.3 Å². The van der Waals surface area contributed by atoms with E-state index in [0.717, 1.165) is 22.6 Å². The third kappa shape index (κ3) is 1.50. The van der Waals surface area contributed by atoms with Crippen LogP contribution in [0.15, 0.2) is 41.7 Å². The zero-order valence-corrected chi connectivity index (χ0v) is 11.1. The van der Waals surface area contributed by atoms with Crippen LogP contribution in [0.2, 0.25) is 5.02 Å². The lowest BCUT2D eigenvalue weighted by Crippen LogP contribution is -2.19. The first-order chi connectivity index (χ1) is 9.75. The predicted molar refractivity (Wildman–Crippen MR) is 73.5 cm³/mol. The molecule has 3 heterocycles. The summed E-state index contributed by atoms with van der Waals surface area (Å²) in [5.74, 6) is 0.236. The number of aromatic amines is 1. The summed E-state index contributed by atoms with van der Waals surface area (Å²) in [7, 11) is 0. The lowest BCUT2D eigenvalue weighted by atomic mass is 9.83. The van der Waals surface area contributed by atoms with Crippen molar-refractivity contribution in [3.63, 3.8) is 0 Å². The highest BCUT2D eigenvalue weighted by Gasteiger charge is 2.39. The fraction of sp³-hybridized carbons (Fsp3) is 0.143. The smallest absolute Gasteiger partial charge is 0.337 e. The number of nitrogens with one attached hydrogen (secondary N) is 2. The van der Waals surface area contributed by atoms with Crippen molar-refractivity contribution in [2.24, 2.45) is 0 Å².